The summed E-state index contributed by atoms with van der Waals surface area (Å²) in [5.74, 6) is 0.898. The van der Waals surface area contributed by atoms with Crippen LogP contribution in [-0.2, 0) is 13.1 Å². The van der Waals surface area contributed by atoms with Gasteiger partial charge in [0.25, 0.3) is 0 Å². The van der Waals surface area contributed by atoms with Gasteiger partial charge in [0.05, 0.1) is 17.2 Å². The van der Waals surface area contributed by atoms with Gasteiger partial charge in [0.1, 0.15) is 12.4 Å². The normalized spacial score (nSPS) is 11.6. The molecule has 1 aromatic carbocycles. The van der Waals surface area contributed by atoms with E-state index in [1.165, 1.54) is 5.56 Å². The third-order valence-electron chi connectivity index (χ3n) is 2.91. The third-order valence-corrected chi connectivity index (χ3v) is 3.32. The van der Waals surface area contributed by atoms with Gasteiger partial charge in [-0.2, -0.15) is 5.10 Å². The predicted molar refractivity (Wildman–Crippen MR) is 88.5 cm³/mol. The molecule has 0 spiro atoms. The Morgan fingerprint density at radius 1 is 1.33 bits per heavy atom. The number of hydrogen-bond donors (Lipinski definition) is 1. The Morgan fingerprint density at radius 3 is 2.81 bits per heavy atom. The number of rotatable bonds is 6. The first-order valence-electron chi connectivity index (χ1n) is 7.07. The van der Waals surface area contributed by atoms with Crippen molar-refractivity contribution < 1.29 is 4.74 Å². The van der Waals surface area contributed by atoms with E-state index in [2.05, 4.69) is 59.2 Å². The number of ether oxygens (including phenoxy) is 1. The van der Waals surface area contributed by atoms with Crippen LogP contribution in [0.5, 0.6) is 5.75 Å². The van der Waals surface area contributed by atoms with E-state index in [0.29, 0.717) is 6.61 Å². The molecule has 0 atom stereocenters. The minimum absolute atomic E-state index is 0.115. The van der Waals surface area contributed by atoms with Crippen molar-refractivity contribution in [1.82, 2.24) is 15.1 Å². The molecule has 5 heteroatoms. The zero-order valence-electron chi connectivity index (χ0n) is 12.8. The number of nitrogens with zero attached hydrogens (tertiary/aromatic N) is 2. The van der Waals surface area contributed by atoms with Crippen molar-refractivity contribution in [2.24, 2.45) is 0 Å². The monoisotopic (exact) mass is 351 g/mol. The van der Waals surface area contributed by atoms with Gasteiger partial charge in [-0.1, -0.05) is 12.1 Å². The summed E-state index contributed by atoms with van der Waals surface area (Å²) in [4.78, 5) is 0. The molecule has 0 unspecified atom stereocenters. The third kappa shape index (κ3) is 5.89. The summed E-state index contributed by atoms with van der Waals surface area (Å²) in [6, 6.07) is 8.20. The molecule has 4 nitrogen and oxygen atoms in total. The lowest BCUT2D eigenvalue weighted by molar-refractivity contribution is 0.291. The Kier molecular flexibility index (Phi) is 5.42. The van der Waals surface area contributed by atoms with Crippen LogP contribution in [0.4, 0.5) is 0 Å². The molecule has 1 aromatic heterocycles. The predicted octanol–water partition coefficient (Wildman–Crippen LogP) is 3.61. The second kappa shape index (κ2) is 7.09. The van der Waals surface area contributed by atoms with Gasteiger partial charge in [-0.25, -0.2) is 0 Å². The molecule has 0 saturated carbocycles. The van der Waals surface area contributed by atoms with E-state index in [1.807, 2.05) is 23.0 Å². The molecule has 2 aromatic rings. The number of halogens is 1. The van der Waals surface area contributed by atoms with Gasteiger partial charge in [0.15, 0.2) is 0 Å². The number of hydrogen-bond acceptors (Lipinski definition) is 3. The highest BCUT2D eigenvalue weighted by atomic mass is 79.9. The molecule has 1 N–H and O–H groups in total. The maximum Gasteiger partial charge on any atom is 0.119 e. The Balaban J connectivity index is 1.83. The van der Waals surface area contributed by atoms with E-state index in [-0.39, 0.29) is 5.54 Å². The molecule has 1 heterocycles. The second-order valence-corrected chi connectivity index (χ2v) is 6.94. The maximum atomic E-state index is 5.79. The fourth-order valence-corrected chi connectivity index (χ4v) is 2.16. The van der Waals surface area contributed by atoms with Crippen molar-refractivity contribution in [3.63, 3.8) is 0 Å². The van der Waals surface area contributed by atoms with Crippen molar-refractivity contribution in [1.29, 1.82) is 0 Å². The van der Waals surface area contributed by atoms with Crippen LogP contribution in [0.1, 0.15) is 26.3 Å². The minimum atomic E-state index is 0.115. The average molecular weight is 352 g/mol. The van der Waals surface area contributed by atoms with E-state index in [1.54, 1.807) is 6.20 Å². The Hall–Kier alpha value is -1.33. The number of nitrogens with one attached hydrogen (secondary N) is 1. The van der Waals surface area contributed by atoms with Crippen LogP contribution in [0.3, 0.4) is 0 Å². The quantitative estimate of drug-likeness (QED) is 0.863. The lowest BCUT2D eigenvalue weighted by Crippen LogP contribution is -2.35. The maximum absolute atomic E-state index is 5.79. The van der Waals surface area contributed by atoms with Gasteiger partial charge in [0.2, 0.25) is 0 Å². The molecule has 0 aliphatic rings. The van der Waals surface area contributed by atoms with Crippen molar-refractivity contribution in [2.75, 3.05) is 6.61 Å². The van der Waals surface area contributed by atoms with Gasteiger partial charge in [0, 0.05) is 18.3 Å². The molecule has 0 fully saturated rings. The Labute approximate surface area is 134 Å². The van der Waals surface area contributed by atoms with Crippen molar-refractivity contribution in [2.45, 2.75) is 39.4 Å². The van der Waals surface area contributed by atoms with Crippen LogP contribution in [-0.4, -0.2) is 21.9 Å². The highest BCUT2D eigenvalue weighted by Gasteiger charge is 2.08. The smallest absolute Gasteiger partial charge is 0.119 e. The second-order valence-electron chi connectivity index (χ2n) is 6.02. The number of benzene rings is 1. The summed E-state index contributed by atoms with van der Waals surface area (Å²) in [6.45, 7) is 8.66. The summed E-state index contributed by atoms with van der Waals surface area (Å²) in [5, 5.41) is 7.68. The molecule has 0 amide bonds. The lowest BCUT2D eigenvalue weighted by Gasteiger charge is -2.20. The van der Waals surface area contributed by atoms with Crippen LogP contribution in [0.15, 0.2) is 41.1 Å². The zero-order chi connectivity index (χ0) is 15.3. The molecule has 0 bridgehead atoms. The summed E-state index contributed by atoms with van der Waals surface area (Å²) in [7, 11) is 0. The van der Waals surface area contributed by atoms with E-state index < -0.39 is 0 Å². The van der Waals surface area contributed by atoms with Crippen molar-refractivity contribution in [3.05, 3.63) is 46.7 Å². The van der Waals surface area contributed by atoms with Crippen LogP contribution in [0, 0.1) is 0 Å². The van der Waals surface area contributed by atoms with Crippen LogP contribution >= 0.6 is 15.9 Å². The molecule has 114 valence electrons. The molecule has 0 aliphatic heterocycles. The van der Waals surface area contributed by atoms with Crippen molar-refractivity contribution in [3.8, 4) is 5.75 Å². The molecular formula is C16H22BrN3O. The summed E-state index contributed by atoms with van der Waals surface area (Å²) in [5.41, 5.74) is 1.34. The molecule has 21 heavy (non-hydrogen) atoms. The molecule has 0 saturated heterocycles. The highest BCUT2D eigenvalue weighted by Crippen LogP contribution is 2.14. The first-order chi connectivity index (χ1) is 9.92. The zero-order valence-corrected chi connectivity index (χ0v) is 14.4. The first kappa shape index (κ1) is 16.0. The topological polar surface area (TPSA) is 39.1 Å². The van der Waals surface area contributed by atoms with Gasteiger partial charge >= 0.3 is 0 Å². The van der Waals surface area contributed by atoms with E-state index in [4.69, 9.17) is 4.74 Å². The Bertz CT molecular complexity index is 575. The average Bonchev–Trinajstić information content (AvgIpc) is 2.82. The first-order valence-corrected chi connectivity index (χ1v) is 7.86. The van der Waals surface area contributed by atoms with E-state index in [9.17, 15) is 0 Å². The van der Waals surface area contributed by atoms with Gasteiger partial charge in [-0.3, -0.25) is 4.68 Å². The van der Waals surface area contributed by atoms with Crippen LogP contribution in [0.2, 0.25) is 0 Å². The van der Waals surface area contributed by atoms with E-state index in [0.717, 1.165) is 23.3 Å². The van der Waals surface area contributed by atoms with Gasteiger partial charge in [-0.05, 0) is 54.4 Å². The summed E-state index contributed by atoms with van der Waals surface area (Å²) in [6.07, 6.45) is 3.71. The fourth-order valence-electron chi connectivity index (χ4n) is 1.83. The molecule has 2 rings (SSSR count). The Morgan fingerprint density at radius 2 is 2.14 bits per heavy atom. The minimum Gasteiger partial charge on any atom is -0.492 e. The van der Waals surface area contributed by atoms with Gasteiger partial charge < -0.3 is 10.1 Å². The summed E-state index contributed by atoms with van der Waals surface area (Å²) < 4.78 is 8.63. The standard InChI is InChI=1S/C16H22BrN3O/c1-16(2,3)18-10-13-5-4-6-15(9-13)21-8-7-20-12-14(17)11-19-20/h4-6,9,11-12,18H,7-8,10H2,1-3H3. The highest BCUT2D eigenvalue weighted by molar-refractivity contribution is 9.10. The fraction of sp³-hybridized carbons (Fsp3) is 0.438. The number of aromatic nitrogens is 2. The lowest BCUT2D eigenvalue weighted by atomic mass is 10.1. The van der Waals surface area contributed by atoms with Crippen molar-refractivity contribution >= 4 is 15.9 Å². The van der Waals surface area contributed by atoms with E-state index >= 15 is 0 Å². The van der Waals surface area contributed by atoms with Gasteiger partial charge in [-0.15, -0.1) is 0 Å². The largest absolute Gasteiger partial charge is 0.492 e. The summed E-state index contributed by atoms with van der Waals surface area (Å²) >= 11 is 3.38. The SMILES string of the molecule is CC(C)(C)NCc1cccc(OCCn2cc(Br)cn2)c1. The molecular weight excluding hydrogens is 330 g/mol. The van der Waals surface area contributed by atoms with Crippen LogP contribution in [0.25, 0.3) is 0 Å². The van der Waals surface area contributed by atoms with Crippen LogP contribution < -0.4 is 10.1 Å². The molecule has 0 radical (unpaired) electrons. The molecule has 0 aliphatic carbocycles.